The Morgan fingerprint density at radius 3 is 2.50 bits per heavy atom. The van der Waals surface area contributed by atoms with Gasteiger partial charge in [-0.25, -0.2) is 4.98 Å². The highest BCUT2D eigenvalue weighted by Crippen LogP contribution is 2.28. The molecule has 3 rings (SSSR count). The third kappa shape index (κ3) is 3.18. The number of hydrogen-bond donors (Lipinski definition) is 0. The molecule has 0 fully saturated rings. The van der Waals surface area contributed by atoms with Crippen LogP contribution in [-0.4, -0.2) is 14.0 Å². The summed E-state index contributed by atoms with van der Waals surface area (Å²) in [4.78, 5) is 28.0. The molecule has 3 heterocycles. The van der Waals surface area contributed by atoms with Crippen LogP contribution in [0.25, 0.3) is 5.65 Å². The van der Waals surface area contributed by atoms with E-state index in [9.17, 15) is 22.8 Å². The Morgan fingerprint density at radius 1 is 1.04 bits per heavy atom. The van der Waals surface area contributed by atoms with E-state index in [0.29, 0.717) is 17.3 Å². The van der Waals surface area contributed by atoms with Gasteiger partial charge in [0, 0.05) is 24.5 Å². The fourth-order valence-electron chi connectivity index (χ4n) is 2.20. The molecule has 0 radical (unpaired) electrons. The first-order valence-electron chi connectivity index (χ1n) is 6.69. The second-order valence-electron chi connectivity index (χ2n) is 5.04. The molecule has 0 bridgehead atoms. The lowest BCUT2D eigenvalue weighted by molar-refractivity contribution is -0.138. The SMILES string of the molecule is O=c1ccc(C(F)(F)F)cn1Cc1cc(=O)n2cc(Cl)ccc2n1. The molecular weight excluding hydrogens is 347 g/mol. The minimum absolute atomic E-state index is 0.170. The summed E-state index contributed by atoms with van der Waals surface area (Å²) in [6.07, 6.45) is -2.48. The van der Waals surface area contributed by atoms with E-state index in [1.54, 1.807) is 0 Å². The molecule has 0 spiro atoms. The van der Waals surface area contributed by atoms with E-state index in [2.05, 4.69) is 4.98 Å². The van der Waals surface area contributed by atoms with Gasteiger partial charge in [-0.05, 0) is 18.2 Å². The highest BCUT2D eigenvalue weighted by Gasteiger charge is 2.31. The number of hydrogen-bond acceptors (Lipinski definition) is 3. The quantitative estimate of drug-likeness (QED) is 0.710. The van der Waals surface area contributed by atoms with Gasteiger partial charge in [0.25, 0.3) is 11.1 Å². The Labute approximate surface area is 137 Å². The second-order valence-corrected chi connectivity index (χ2v) is 5.48. The van der Waals surface area contributed by atoms with Crippen LogP contribution in [0.5, 0.6) is 0 Å². The van der Waals surface area contributed by atoms with Crippen LogP contribution >= 0.6 is 11.6 Å². The lowest BCUT2D eigenvalue weighted by Gasteiger charge is -2.11. The summed E-state index contributed by atoms with van der Waals surface area (Å²) in [6.45, 7) is -0.253. The van der Waals surface area contributed by atoms with E-state index in [1.807, 2.05) is 0 Å². The summed E-state index contributed by atoms with van der Waals surface area (Å²) in [7, 11) is 0. The van der Waals surface area contributed by atoms with Crippen LogP contribution in [0.4, 0.5) is 13.2 Å². The molecule has 0 aliphatic heterocycles. The molecule has 0 saturated heterocycles. The van der Waals surface area contributed by atoms with Crippen molar-refractivity contribution in [3.63, 3.8) is 0 Å². The molecule has 0 N–H and O–H groups in total. The van der Waals surface area contributed by atoms with E-state index in [0.717, 1.165) is 16.7 Å². The third-order valence-electron chi connectivity index (χ3n) is 3.32. The summed E-state index contributed by atoms with van der Waals surface area (Å²) in [6, 6.07) is 5.72. The molecule has 9 heteroatoms. The number of nitrogens with zero attached hydrogens (tertiary/aromatic N) is 3. The van der Waals surface area contributed by atoms with Crippen LogP contribution in [0.1, 0.15) is 11.3 Å². The van der Waals surface area contributed by atoms with Crippen LogP contribution in [0.2, 0.25) is 5.02 Å². The van der Waals surface area contributed by atoms with Crippen molar-refractivity contribution < 1.29 is 13.2 Å². The normalized spacial score (nSPS) is 11.8. The van der Waals surface area contributed by atoms with Crippen molar-refractivity contribution >= 4 is 17.2 Å². The smallest absolute Gasteiger partial charge is 0.309 e. The Morgan fingerprint density at radius 2 is 1.79 bits per heavy atom. The lowest BCUT2D eigenvalue weighted by Crippen LogP contribution is -2.24. The van der Waals surface area contributed by atoms with Crippen LogP contribution < -0.4 is 11.1 Å². The summed E-state index contributed by atoms with van der Waals surface area (Å²) < 4.78 is 40.3. The number of alkyl halides is 3. The van der Waals surface area contributed by atoms with E-state index in [-0.39, 0.29) is 17.9 Å². The predicted octanol–water partition coefficient (Wildman–Crippen LogP) is 2.58. The maximum absolute atomic E-state index is 12.8. The van der Waals surface area contributed by atoms with Gasteiger partial charge in [-0.3, -0.25) is 14.0 Å². The zero-order valence-electron chi connectivity index (χ0n) is 11.9. The third-order valence-corrected chi connectivity index (χ3v) is 3.54. The predicted molar refractivity (Wildman–Crippen MR) is 81.3 cm³/mol. The van der Waals surface area contributed by atoms with Crippen molar-refractivity contribution in [3.05, 3.63) is 79.7 Å². The maximum atomic E-state index is 12.8. The van der Waals surface area contributed by atoms with E-state index in [4.69, 9.17) is 11.6 Å². The van der Waals surface area contributed by atoms with Gasteiger partial charge in [-0.2, -0.15) is 13.2 Å². The lowest BCUT2D eigenvalue weighted by atomic mass is 10.2. The fraction of sp³-hybridized carbons (Fsp3) is 0.133. The van der Waals surface area contributed by atoms with Crippen molar-refractivity contribution in [2.24, 2.45) is 0 Å². The zero-order chi connectivity index (χ0) is 17.5. The Bertz CT molecular complexity index is 1040. The maximum Gasteiger partial charge on any atom is 0.417 e. The number of aromatic nitrogens is 3. The summed E-state index contributed by atoms with van der Waals surface area (Å²) >= 11 is 5.80. The average Bonchev–Trinajstić information content (AvgIpc) is 2.49. The number of pyridine rings is 2. The standard InChI is InChI=1S/C15H9ClF3N3O2/c16-10-2-3-12-20-11(5-14(24)22(12)7-10)8-21-6-9(15(17,18)19)1-4-13(21)23/h1-7H,8H2. The average molecular weight is 356 g/mol. The van der Waals surface area contributed by atoms with Gasteiger partial charge in [0.1, 0.15) is 5.65 Å². The van der Waals surface area contributed by atoms with Crippen molar-refractivity contribution in [3.8, 4) is 0 Å². The van der Waals surface area contributed by atoms with Crippen molar-refractivity contribution in [1.82, 2.24) is 14.0 Å². The first-order valence-corrected chi connectivity index (χ1v) is 7.07. The molecule has 0 aromatic carbocycles. The van der Waals surface area contributed by atoms with Gasteiger partial charge in [-0.15, -0.1) is 0 Å². The van der Waals surface area contributed by atoms with E-state index in [1.165, 1.54) is 22.7 Å². The molecule has 124 valence electrons. The number of fused-ring (bicyclic) bond motifs is 1. The molecule has 3 aromatic rings. The van der Waals surface area contributed by atoms with Crippen LogP contribution in [0.15, 0.2) is 52.3 Å². The Hall–Kier alpha value is -2.61. The minimum atomic E-state index is -4.57. The second kappa shape index (κ2) is 5.79. The summed E-state index contributed by atoms with van der Waals surface area (Å²) in [5, 5.41) is 0.341. The Kier molecular flexibility index (Phi) is 3.92. The van der Waals surface area contributed by atoms with Crippen LogP contribution in [-0.2, 0) is 12.7 Å². The molecule has 0 unspecified atom stereocenters. The molecule has 5 nitrogen and oxygen atoms in total. The molecule has 0 amide bonds. The number of halogens is 4. The van der Waals surface area contributed by atoms with Crippen LogP contribution in [0, 0.1) is 0 Å². The van der Waals surface area contributed by atoms with Gasteiger partial charge >= 0.3 is 6.18 Å². The monoisotopic (exact) mass is 355 g/mol. The highest BCUT2D eigenvalue weighted by atomic mass is 35.5. The molecule has 24 heavy (non-hydrogen) atoms. The van der Waals surface area contributed by atoms with Crippen molar-refractivity contribution in [2.45, 2.75) is 12.7 Å². The molecule has 0 aliphatic carbocycles. The fourth-order valence-corrected chi connectivity index (χ4v) is 2.36. The number of rotatable bonds is 2. The molecule has 0 aliphatic rings. The molecule has 0 atom stereocenters. The summed E-state index contributed by atoms with van der Waals surface area (Å²) in [5.41, 5.74) is -1.57. The Balaban J connectivity index is 2.06. The summed E-state index contributed by atoms with van der Waals surface area (Å²) in [5.74, 6) is 0. The van der Waals surface area contributed by atoms with Gasteiger partial charge < -0.3 is 4.57 Å². The van der Waals surface area contributed by atoms with Gasteiger partial charge in [0.2, 0.25) is 0 Å². The van der Waals surface area contributed by atoms with Gasteiger partial charge in [0.15, 0.2) is 0 Å². The van der Waals surface area contributed by atoms with Gasteiger partial charge in [-0.1, -0.05) is 11.6 Å². The first kappa shape index (κ1) is 16.3. The van der Waals surface area contributed by atoms with E-state index < -0.39 is 22.9 Å². The zero-order valence-corrected chi connectivity index (χ0v) is 12.7. The molecule has 3 aromatic heterocycles. The van der Waals surface area contributed by atoms with Crippen LogP contribution in [0.3, 0.4) is 0 Å². The van der Waals surface area contributed by atoms with Gasteiger partial charge in [0.05, 0.1) is 22.8 Å². The van der Waals surface area contributed by atoms with Crippen molar-refractivity contribution in [1.29, 1.82) is 0 Å². The van der Waals surface area contributed by atoms with E-state index >= 15 is 0 Å². The first-order chi connectivity index (χ1) is 11.2. The molecule has 0 saturated carbocycles. The topological polar surface area (TPSA) is 56.4 Å². The molecular formula is C15H9ClF3N3O2. The highest BCUT2D eigenvalue weighted by molar-refractivity contribution is 6.30. The van der Waals surface area contributed by atoms with Crippen molar-refractivity contribution in [2.75, 3.05) is 0 Å². The minimum Gasteiger partial charge on any atom is -0.309 e. The largest absolute Gasteiger partial charge is 0.417 e.